The first-order chi connectivity index (χ1) is 9.77. The molecule has 2 aromatic rings. The number of benzene rings is 2. The van der Waals surface area contributed by atoms with Crippen LogP contribution in [0.15, 0.2) is 72.8 Å². The molecule has 0 N–H and O–H groups in total. The Morgan fingerprint density at radius 3 is 1.90 bits per heavy atom. The van der Waals surface area contributed by atoms with E-state index in [1.165, 1.54) is 11.1 Å². The molecule has 0 aromatic heterocycles. The van der Waals surface area contributed by atoms with Gasteiger partial charge in [0.15, 0.2) is 0 Å². The van der Waals surface area contributed by atoms with Gasteiger partial charge in [0.05, 0.1) is 0 Å². The number of hydrogen-bond donors (Lipinski definition) is 0. The molecule has 0 saturated carbocycles. The molecule has 0 saturated heterocycles. The van der Waals surface area contributed by atoms with Crippen LogP contribution in [0.4, 0.5) is 0 Å². The summed E-state index contributed by atoms with van der Waals surface area (Å²) in [6.45, 7) is 6.49. The summed E-state index contributed by atoms with van der Waals surface area (Å²) in [7, 11) is 0. The van der Waals surface area contributed by atoms with Crippen molar-refractivity contribution in [1.82, 2.24) is 0 Å². The van der Waals surface area contributed by atoms with Crippen LogP contribution in [-0.2, 0) is 6.42 Å². The Balaban J connectivity index is 0.000000217. The van der Waals surface area contributed by atoms with Gasteiger partial charge in [-0.25, -0.2) is 0 Å². The summed E-state index contributed by atoms with van der Waals surface area (Å²) in [6, 6.07) is 21.1. The molecule has 20 heavy (non-hydrogen) atoms. The number of hydrogen-bond acceptors (Lipinski definition) is 0. The summed E-state index contributed by atoms with van der Waals surface area (Å²) in [5, 5.41) is 0. The molecule has 0 aliphatic heterocycles. The van der Waals surface area contributed by atoms with E-state index in [1.807, 2.05) is 6.07 Å². The summed E-state index contributed by atoms with van der Waals surface area (Å²) >= 11 is 0. The topological polar surface area (TPSA) is 0 Å². The molecule has 1 atom stereocenters. The summed E-state index contributed by atoms with van der Waals surface area (Å²) in [5.74, 6) is 0.641. The Labute approximate surface area is 124 Å². The molecule has 0 radical (unpaired) electrons. The Morgan fingerprint density at radius 1 is 0.900 bits per heavy atom. The standard InChI is InChI=1S/C12H16.C8H10/c1-3-4-8-11(2)12-9-6-5-7-10-12;1-2-8-6-4-3-5-7-8/h3-7,9-11H,8H2,1-2H3;3-7H,2H2,1H3/b4-3+;. The maximum absolute atomic E-state index is 2.26. The van der Waals surface area contributed by atoms with E-state index in [1.54, 1.807) is 0 Å². The maximum atomic E-state index is 2.26. The molecule has 0 heteroatoms. The molecule has 0 nitrogen and oxygen atoms in total. The second kappa shape index (κ2) is 10.0. The quantitative estimate of drug-likeness (QED) is 0.595. The predicted octanol–water partition coefficient (Wildman–Crippen LogP) is 6.01. The normalized spacial score (nSPS) is 11.8. The third kappa shape index (κ3) is 6.38. The SMILES string of the molecule is C/C=C/CC(C)c1ccccc1.CCc1ccccc1. The largest absolute Gasteiger partial charge is 0.0916 e. The molecule has 0 aliphatic carbocycles. The zero-order valence-corrected chi connectivity index (χ0v) is 12.9. The van der Waals surface area contributed by atoms with E-state index in [0.29, 0.717) is 5.92 Å². The lowest BCUT2D eigenvalue weighted by Gasteiger charge is -2.07. The van der Waals surface area contributed by atoms with Crippen LogP contribution in [-0.4, -0.2) is 0 Å². The zero-order chi connectivity index (χ0) is 14.6. The van der Waals surface area contributed by atoms with E-state index in [-0.39, 0.29) is 0 Å². The maximum Gasteiger partial charge on any atom is -0.0156 e. The molecular weight excluding hydrogens is 240 g/mol. The van der Waals surface area contributed by atoms with Crippen molar-refractivity contribution in [1.29, 1.82) is 0 Å². The van der Waals surface area contributed by atoms with Gasteiger partial charge in [-0.15, -0.1) is 0 Å². The fraction of sp³-hybridized carbons (Fsp3) is 0.300. The number of allylic oxidation sites excluding steroid dienone is 2. The highest BCUT2D eigenvalue weighted by Crippen LogP contribution is 2.18. The average molecular weight is 266 g/mol. The van der Waals surface area contributed by atoms with Gasteiger partial charge < -0.3 is 0 Å². The Hall–Kier alpha value is -1.82. The van der Waals surface area contributed by atoms with Gasteiger partial charge in [-0.3, -0.25) is 0 Å². The molecule has 0 bridgehead atoms. The first-order valence-electron chi connectivity index (χ1n) is 7.48. The van der Waals surface area contributed by atoms with Crippen LogP contribution in [0.1, 0.15) is 44.2 Å². The van der Waals surface area contributed by atoms with E-state index in [9.17, 15) is 0 Å². The lowest BCUT2D eigenvalue weighted by atomic mass is 9.98. The van der Waals surface area contributed by atoms with Crippen molar-refractivity contribution in [3.05, 3.63) is 83.9 Å². The Kier molecular flexibility index (Phi) is 8.14. The van der Waals surface area contributed by atoms with Crippen LogP contribution in [0.2, 0.25) is 0 Å². The highest BCUT2D eigenvalue weighted by Gasteiger charge is 2.00. The van der Waals surface area contributed by atoms with E-state index >= 15 is 0 Å². The lowest BCUT2D eigenvalue weighted by molar-refractivity contribution is 0.780. The van der Waals surface area contributed by atoms with Crippen LogP contribution in [0.5, 0.6) is 0 Å². The predicted molar refractivity (Wildman–Crippen MR) is 90.1 cm³/mol. The Morgan fingerprint density at radius 2 is 1.45 bits per heavy atom. The van der Waals surface area contributed by atoms with Crippen molar-refractivity contribution in [3.8, 4) is 0 Å². The minimum absolute atomic E-state index is 0.641. The molecule has 106 valence electrons. The van der Waals surface area contributed by atoms with E-state index in [4.69, 9.17) is 0 Å². The third-order valence-electron chi connectivity index (χ3n) is 3.35. The van der Waals surface area contributed by atoms with Crippen molar-refractivity contribution in [2.75, 3.05) is 0 Å². The van der Waals surface area contributed by atoms with Gasteiger partial charge in [-0.05, 0) is 36.8 Å². The molecule has 0 heterocycles. The van der Waals surface area contributed by atoms with Crippen LogP contribution in [0.3, 0.4) is 0 Å². The summed E-state index contributed by atoms with van der Waals surface area (Å²) < 4.78 is 0. The lowest BCUT2D eigenvalue weighted by Crippen LogP contribution is -1.89. The molecule has 2 aromatic carbocycles. The molecule has 0 aliphatic rings. The fourth-order valence-electron chi connectivity index (χ4n) is 1.97. The first-order valence-corrected chi connectivity index (χ1v) is 7.48. The fourth-order valence-corrected chi connectivity index (χ4v) is 1.97. The van der Waals surface area contributed by atoms with Crippen LogP contribution in [0, 0.1) is 0 Å². The van der Waals surface area contributed by atoms with Crippen LogP contribution >= 0.6 is 0 Å². The summed E-state index contributed by atoms with van der Waals surface area (Å²) in [6.07, 6.45) is 6.61. The molecule has 1 unspecified atom stereocenters. The number of rotatable bonds is 4. The molecule has 0 spiro atoms. The smallest absolute Gasteiger partial charge is 0.0156 e. The highest BCUT2D eigenvalue weighted by molar-refractivity contribution is 5.19. The van der Waals surface area contributed by atoms with Gasteiger partial charge in [0.2, 0.25) is 0 Å². The van der Waals surface area contributed by atoms with Crippen molar-refractivity contribution in [2.24, 2.45) is 0 Å². The minimum atomic E-state index is 0.641. The Bertz CT molecular complexity index is 468. The third-order valence-corrected chi connectivity index (χ3v) is 3.35. The minimum Gasteiger partial charge on any atom is -0.0916 e. The van der Waals surface area contributed by atoms with Gasteiger partial charge in [0.1, 0.15) is 0 Å². The van der Waals surface area contributed by atoms with Gasteiger partial charge in [-0.2, -0.15) is 0 Å². The van der Waals surface area contributed by atoms with Crippen molar-refractivity contribution in [3.63, 3.8) is 0 Å². The molecule has 2 rings (SSSR count). The molecular formula is C20H26. The van der Waals surface area contributed by atoms with Gasteiger partial charge >= 0.3 is 0 Å². The van der Waals surface area contributed by atoms with Crippen LogP contribution in [0.25, 0.3) is 0 Å². The van der Waals surface area contributed by atoms with E-state index in [2.05, 4.69) is 87.5 Å². The second-order valence-corrected chi connectivity index (χ2v) is 4.96. The van der Waals surface area contributed by atoms with E-state index in [0.717, 1.165) is 12.8 Å². The van der Waals surface area contributed by atoms with Crippen LogP contribution < -0.4 is 0 Å². The summed E-state index contributed by atoms with van der Waals surface area (Å²) in [4.78, 5) is 0. The van der Waals surface area contributed by atoms with Gasteiger partial charge in [-0.1, -0.05) is 86.7 Å². The van der Waals surface area contributed by atoms with Crippen molar-refractivity contribution in [2.45, 2.75) is 39.5 Å². The monoisotopic (exact) mass is 266 g/mol. The van der Waals surface area contributed by atoms with Gasteiger partial charge in [0, 0.05) is 0 Å². The van der Waals surface area contributed by atoms with Gasteiger partial charge in [0.25, 0.3) is 0 Å². The average Bonchev–Trinajstić information content (AvgIpc) is 2.54. The second-order valence-electron chi connectivity index (χ2n) is 4.96. The van der Waals surface area contributed by atoms with Crippen molar-refractivity contribution < 1.29 is 0 Å². The number of aryl methyl sites for hydroxylation is 1. The molecule has 0 fully saturated rings. The first kappa shape index (κ1) is 16.2. The molecule has 0 amide bonds. The highest BCUT2D eigenvalue weighted by atomic mass is 14.1. The zero-order valence-electron chi connectivity index (χ0n) is 12.9. The van der Waals surface area contributed by atoms with Crippen molar-refractivity contribution >= 4 is 0 Å². The van der Waals surface area contributed by atoms with E-state index < -0.39 is 0 Å². The summed E-state index contributed by atoms with van der Waals surface area (Å²) in [5.41, 5.74) is 2.84.